The first-order valence-corrected chi connectivity index (χ1v) is 7.62. The van der Waals surface area contributed by atoms with Crippen LogP contribution < -0.4 is 4.90 Å². The molecule has 0 bridgehead atoms. The SMILES string of the molecule is CCc1cc(CCl)cc(N(CC)c2ccccc2C)n1. The fraction of sp³-hybridized carbons (Fsp3) is 0.353. The molecule has 0 saturated heterocycles. The first-order chi connectivity index (χ1) is 9.69. The highest BCUT2D eigenvalue weighted by molar-refractivity contribution is 6.17. The van der Waals surface area contributed by atoms with Crippen molar-refractivity contribution >= 4 is 23.1 Å². The third-order valence-electron chi connectivity index (χ3n) is 3.44. The average molecular weight is 289 g/mol. The molecule has 0 radical (unpaired) electrons. The van der Waals surface area contributed by atoms with Crippen LogP contribution in [0.25, 0.3) is 0 Å². The molecule has 0 unspecified atom stereocenters. The van der Waals surface area contributed by atoms with Crippen LogP contribution in [0.5, 0.6) is 0 Å². The van der Waals surface area contributed by atoms with Crippen LogP contribution >= 0.6 is 11.6 Å². The molecule has 0 amide bonds. The summed E-state index contributed by atoms with van der Waals surface area (Å²) < 4.78 is 0. The topological polar surface area (TPSA) is 16.1 Å². The quantitative estimate of drug-likeness (QED) is 0.731. The number of para-hydroxylation sites is 1. The molecule has 0 N–H and O–H groups in total. The maximum atomic E-state index is 6.01. The van der Waals surface area contributed by atoms with Gasteiger partial charge in [0.1, 0.15) is 5.82 Å². The Morgan fingerprint density at radius 2 is 1.90 bits per heavy atom. The van der Waals surface area contributed by atoms with Gasteiger partial charge in [-0.2, -0.15) is 0 Å². The van der Waals surface area contributed by atoms with Crippen LogP contribution in [0.15, 0.2) is 36.4 Å². The van der Waals surface area contributed by atoms with Crippen LogP contribution in [0.4, 0.5) is 11.5 Å². The summed E-state index contributed by atoms with van der Waals surface area (Å²) in [5.74, 6) is 1.50. The van der Waals surface area contributed by atoms with Crippen LogP contribution in [0.2, 0.25) is 0 Å². The van der Waals surface area contributed by atoms with Gasteiger partial charge in [0.05, 0.1) is 0 Å². The van der Waals surface area contributed by atoms with Crippen LogP contribution in [0.1, 0.15) is 30.7 Å². The molecule has 2 rings (SSSR count). The third kappa shape index (κ3) is 3.13. The van der Waals surface area contributed by atoms with Gasteiger partial charge in [-0.15, -0.1) is 11.6 Å². The number of hydrogen-bond donors (Lipinski definition) is 0. The Balaban J connectivity index is 2.49. The number of nitrogens with zero attached hydrogens (tertiary/aromatic N) is 2. The van der Waals surface area contributed by atoms with E-state index >= 15 is 0 Å². The van der Waals surface area contributed by atoms with Crippen molar-refractivity contribution in [2.75, 3.05) is 11.4 Å². The Morgan fingerprint density at radius 1 is 1.15 bits per heavy atom. The van der Waals surface area contributed by atoms with Gasteiger partial charge in [-0.25, -0.2) is 4.98 Å². The second-order valence-electron chi connectivity index (χ2n) is 4.84. The molecule has 0 saturated carbocycles. The third-order valence-corrected chi connectivity index (χ3v) is 3.75. The van der Waals surface area contributed by atoms with Gasteiger partial charge < -0.3 is 4.90 Å². The van der Waals surface area contributed by atoms with E-state index in [1.165, 1.54) is 11.3 Å². The monoisotopic (exact) mass is 288 g/mol. The van der Waals surface area contributed by atoms with Crippen molar-refractivity contribution in [1.82, 2.24) is 4.98 Å². The van der Waals surface area contributed by atoms with Crippen molar-refractivity contribution in [3.8, 4) is 0 Å². The molecule has 0 aliphatic carbocycles. The lowest BCUT2D eigenvalue weighted by Crippen LogP contribution is -2.19. The maximum absolute atomic E-state index is 6.01. The van der Waals surface area contributed by atoms with E-state index in [2.05, 4.69) is 62.1 Å². The molecule has 3 heteroatoms. The van der Waals surface area contributed by atoms with Crippen molar-refractivity contribution < 1.29 is 0 Å². The highest BCUT2D eigenvalue weighted by atomic mass is 35.5. The molecule has 0 aliphatic heterocycles. The Bertz CT molecular complexity index is 559. The number of benzene rings is 1. The first-order valence-electron chi connectivity index (χ1n) is 7.08. The zero-order valence-corrected chi connectivity index (χ0v) is 13.1. The largest absolute Gasteiger partial charge is 0.326 e. The molecule has 106 valence electrons. The van der Waals surface area contributed by atoms with Gasteiger partial charge >= 0.3 is 0 Å². The Morgan fingerprint density at radius 3 is 2.50 bits per heavy atom. The number of hydrogen-bond acceptors (Lipinski definition) is 2. The second kappa shape index (κ2) is 6.76. The van der Waals surface area contributed by atoms with E-state index in [9.17, 15) is 0 Å². The van der Waals surface area contributed by atoms with Gasteiger partial charge in [-0.05, 0) is 49.6 Å². The molecular weight excluding hydrogens is 268 g/mol. The lowest BCUT2D eigenvalue weighted by atomic mass is 10.1. The number of rotatable bonds is 5. The van der Waals surface area contributed by atoms with Gasteiger partial charge in [0, 0.05) is 23.8 Å². The lowest BCUT2D eigenvalue weighted by Gasteiger charge is -2.25. The number of anilines is 2. The number of halogens is 1. The summed E-state index contributed by atoms with van der Waals surface area (Å²) in [4.78, 5) is 7.00. The number of alkyl halides is 1. The van der Waals surface area contributed by atoms with E-state index in [-0.39, 0.29) is 0 Å². The number of aryl methyl sites for hydroxylation is 2. The zero-order chi connectivity index (χ0) is 14.5. The van der Waals surface area contributed by atoms with Crippen LogP contribution in [0.3, 0.4) is 0 Å². The van der Waals surface area contributed by atoms with E-state index in [1.54, 1.807) is 0 Å². The summed E-state index contributed by atoms with van der Waals surface area (Å²) in [6, 6.07) is 12.6. The molecule has 0 spiro atoms. The summed E-state index contributed by atoms with van der Waals surface area (Å²) >= 11 is 6.01. The Hall–Kier alpha value is -1.54. The average Bonchev–Trinajstić information content (AvgIpc) is 2.49. The fourth-order valence-corrected chi connectivity index (χ4v) is 2.51. The van der Waals surface area contributed by atoms with Crippen molar-refractivity contribution in [2.45, 2.75) is 33.1 Å². The molecule has 0 aliphatic rings. The summed E-state index contributed by atoms with van der Waals surface area (Å²) in [7, 11) is 0. The number of aromatic nitrogens is 1. The van der Waals surface area contributed by atoms with Crippen molar-refractivity contribution in [1.29, 1.82) is 0 Å². The summed E-state index contributed by atoms with van der Waals surface area (Å²) in [5, 5.41) is 0. The Kier molecular flexibility index (Phi) is 5.02. The van der Waals surface area contributed by atoms with E-state index < -0.39 is 0 Å². The van der Waals surface area contributed by atoms with E-state index in [0.717, 1.165) is 30.0 Å². The summed E-state index contributed by atoms with van der Waals surface area (Å²) in [6.45, 7) is 7.28. The Labute approximate surface area is 126 Å². The van der Waals surface area contributed by atoms with Gasteiger partial charge in [-0.1, -0.05) is 25.1 Å². The van der Waals surface area contributed by atoms with Crippen LogP contribution in [0, 0.1) is 6.92 Å². The molecule has 1 aromatic carbocycles. The van der Waals surface area contributed by atoms with Crippen LogP contribution in [-0.2, 0) is 12.3 Å². The van der Waals surface area contributed by atoms with Gasteiger partial charge in [0.2, 0.25) is 0 Å². The molecule has 0 atom stereocenters. The molecule has 0 fully saturated rings. The van der Waals surface area contributed by atoms with Crippen molar-refractivity contribution in [3.63, 3.8) is 0 Å². The van der Waals surface area contributed by atoms with E-state index in [4.69, 9.17) is 16.6 Å². The minimum Gasteiger partial charge on any atom is -0.326 e. The standard InChI is InChI=1S/C17H21ClN2/c1-4-15-10-14(12-18)11-17(19-15)20(5-2)16-9-7-6-8-13(16)3/h6-11H,4-5,12H2,1-3H3. The predicted molar refractivity (Wildman–Crippen MR) is 87.0 cm³/mol. The fourth-order valence-electron chi connectivity index (χ4n) is 2.35. The zero-order valence-electron chi connectivity index (χ0n) is 12.4. The van der Waals surface area contributed by atoms with Gasteiger partial charge in [0.15, 0.2) is 0 Å². The first kappa shape index (κ1) is 14.9. The molecule has 2 nitrogen and oxygen atoms in total. The van der Waals surface area contributed by atoms with Crippen molar-refractivity contribution in [2.24, 2.45) is 0 Å². The molecule has 20 heavy (non-hydrogen) atoms. The molecule has 1 heterocycles. The van der Waals surface area contributed by atoms with E-state index in [0.29, 0.717) is 5.88 Å². The molecular formula is C17H21ClN2. The summed E-state index contributed by atoms with van der Waals surface area (Å²) in [5.41, 5.74) is 4.67. The minimum atomic E-state index is 0.522. The predicted octanol–water partition coefficient (Wildman–Crippen LogP) is 4.85. The van der Waals surface area contributed by atoms with Gasteiger partial charge in [0.25, 0.3) is 0 Å². The highest BCUT2D eigenvalue weighted by Crippen LogP contribution is 2.28. The minimum absolute atomic E-state index is 0.522. The smallest absolute Gasteiger partial charge is 0.133 e. The van der Waals surface area contributed by atoms with E-state index in [1.807, 2.05) is 0 Å². The summed E-state index contributed by atoms with van der Waals surface area (Å²) in [6.07, 6.45) is 0.920. The number of pyridine rings is 1. The van der Waals surface area contributed by atoms with Crippen molar-refractivity contribution in [3.05, 3.63) is 53.2 Å². The molecule has 2 aromatic rings. The normalized spacial score (nSPS) is 10.6. The molecule has 1 aromatic heterocycles. The van der Waals surface area contributed by atoms with Gasteiger partial charge in [-0.3, -0.25) is 0 Å². The van der Waals surface area contributed by atoms with Crippen LogP contribution in [-0.4, -0.2) is 11.5 Å². The lowest BCUT2D eigenvalue weighted by molar-refractivity contribution is 0.944. The maximum Gasteiger partial charge on any atom is 0.133 e. The second-order valence-corrected chi connectivity index (χ2v) is 5.11. The highest BCUT2D eigenvalue weighted by Gasteiger charge is 2.12.